The fourth-order valence-electron chi connectivity index (χ4n) is 3.68. The molecule has 1 N–H and O–H groups in total. The van der Waals surface area contributed by atoms with Gasteiger partial charge in [-0.2, -0.15) is 0 Å². The molecule has 0 spiro atoms. The van der Waals surface area contributed by atoms with Gasteiger partial charge in [0.1, 0.15) is 0 Å². The molecule has 0 aliphatic carbocycles. The average Bonchev–Trinajstić information content (AvgIpc) is 2.68. The molecule has 2 atom stereocenters. The zero-order valence-electron chi connectivity index (χ0n) is 10.6. The maximum Gasteiger partial charge on any atom is 0.0363 e. The molecule has 3 nitrogen and oxygen atoms in total. The normalized spacial score (nSPS) is 39.6. The lowest BCUT2D eigenvalue weighted by Gasteiger charge is -2.32. The van der Waals surface area contributed by atoms with E-state index in [9.17, 15) is 4.21 Å². The van der Waals surface area contributed by atoms with Crippen molar-refractivity contribution in [3.05, 3.63) is 0 Å². The van der Waals surface area contributed by atoms with E-state index < -0.39 is 10.8 Å². The molecular weight excluding hydrogens is 232 g/mol. The quantitative estimate of drug-likeness (QED) is 0.817. The van der Waals surface area contributed by atoms with E-state index in [1.165, 1.54) is 38.6 Å². The first-order valence-corrected chi connectivity index (χ1v) is 8.62. The Balaban J connectivity index is 1.41. The van der Waals surface area contributed by atoms with Crippen LogP contribution in [0.25, 0.3) is 0 Å². The highest BCUT2D eigenvalue weighted by molar-refractivity contribution is 7.85. The summed E-state index contributed by atoms with van der Waals surface area (Å²) in [5.41, 5.74) is 0. The van der Waals surface area contributed by atoms with Gasteiger partial charge < -0.3 is 10.2 Å². The van der Waals surface area contributed by atoms with Gasteiger partial charge in [0.25, 0.3) is 0 Å². The Morgan fingerprint density at radius 2 is 1.76 bits per heavy atom. The molecule has 98 valence electrons. The summed E-state index contributed by atoms with van der Waals surface area (Å²) < 4.78 is 11.3. The number of nitrogens with one attached hydrogen (secondary N) is 1. The SMILES string of the molecule is O=S1CCN(CCC2CC3CCC(C2)N3)CC1. The van der Waals surface area contributed by atoms with Crippen molar-refractivity contribution in [1.29, 1.82) is 0 Å². The predicted octanol–water partition coefficient (Wildman–Crippen LogP) is 0.971. The van der Waals surface area contributed by atoms with Crippen molar-refractivity contribution in [1.82, 2.24) is 10.2 Å². The van der Waals surface area contributed by atoms with Crippen LogP contribution >= 0.6 is 0 Å². The summed E-state index contributed by atoms with van der Waals surface area (Å²) in [5.74, 6) is 2.75. The minimum absolute atomic E-state index is 0.522. The highest BCUT2D eigenvalue weighted by atomic mass is 32.2. The van der Waals surface area contributed by atoms with Crippen molar-refractivity contribution >= 4 is 10.8 Å². The first kappa shape index (κ1) is 12.1. The molecule has 3 saturated heterocycles. The Bertz CT molecular complexity index is 275. The molecule has 0 saturated carbocycles. The summed E-state index contributed by atoms with van der Waals surface area (Å²) in [7, 11) is -0.522. The molecule has 0 aromatic rings. The molecule has 0 aromatic heterocycles. The monoisotopic (exact) mass is 256 g/mol. The van der Waals surface area contributed by atoms with Gasteiger partial charge in [0.05, 0.1) is 0 Å². The summed E-state index contributed by atoms with van der Waals surface area (Å²) in [6.45, 7) is 3.36. The van der Waals surface area contributed by atoms with Crippen molar-refractivity contribution < 1.29 is 4.21 Å². The molecule has 2 bridgehead atoms. The molecule has 3 aliphatic rings. The number of nitrogens with zero attached hydrogens (tertiary/aromatic N) is 1. The van der Waals surface area contributed by atoms with E-state index in [1.807, 2.05) is 0 Å². The van der Waals surface area contributed by atoms with Gasteiger partial charge in [-0.3, -0.25) is 4.21 Å². The van der Waals surface area contributed by atoms with E-state index in [2.05, 4.69) is 10.2 Å². The van der Waals surface area contributed by atoms with Crippen molar-refractivity contribution in [2.45, 2.75) is 44.2 Å². The van der Waals surface area contributed by atoms with Crippen LogP contribution in [0.2, 0.25) is 0 Å². The molecule has 2 unspecified atom stereocenters. The Morgan fingerprint density at radius 3 is 2.41 bits per heavy atom. The molecule has 17 heavy (non-hydrogen) atoms. The fraction of sp³-hybridized carbons (Fsp3) is 1.00. The summed E-state index contributed by atoms with van der Waals surface area (Å²) >= 11 is 0. The first-order chi connectivity index (χ1) is 8.29. The van der Waals surface area contributed by atoms with Crippen LogP contribution in [0.3, 0.4) is 0 Å². The van der Waals surface area contributed by atoms with Gasteiger partial charge in [0, 0.05) is 47.5 Å². The number of rotatable bonds is 3. The van der Waals surface area contributed by atoms with Gasteiger partial charge in [-0.15, -0.1) is 0 Å². The highest BCUT2D eigenvalue weighted by Gasteiger charge is 2.33. The van der Waals surface area contributed by atoms with E-state index in [4.69, 9.17) is 0 Å². The second-order valence-corrected chi connectivity index (χ2v) is 7.65. The van der Waals surface area contributed by atoms with Crippen LogP contribution in [0.1, 0.15) is 32.1 Å². The summed E-state index contributed by atoms with van der Waals surface area (Å²) in [6, 6.07) is 1.65. The average molecular weight is 256 g/mol. The molecule has 3 aliphatic heterocycles. The first-order valence-electron chi connectivity index (χ1n) is 7.13. The van der Waals surface area contributed by atoms with Crippen molar-refractivity contribution in [2.75, 3.05) is 31.1 Å². The topological polar surface area (TPSA) is 32.3 Å². The molecule has 4 heteroatoms. The maximum absolute atomic E-state index is 11.3. The van der Waals surface area contributed by atoms with Crippen LogP contribution in [-0.2, 0) is 10.8 Å². The van der Waals surface area contributed by atoms with Crippen LogP contribution in [0, 0.1) is 5.92 Å². The lowest BCUT2D eigenvalue weighted by atomic mass is 9.89. The Hall–Kier alpha value is 0.0700. The second kappa shape index (κ2) is 5.37. The molecule has 3 rings (SSSR count). The molecule has 0 radical (unpaired) electrons. The second-order valence-electron chi connectivity index (χ2n) is 5.95. The number of fused-ring (bicyclic) bond motifs is 2. The van der Waals surface area contributed by atoms with E-state index in [1.54, 1.807) is 0 Å². The van der Waals surface area contributed by atoms with Gasteiger partial charge in [0.2, 0.25) is 0 Å². The van der Waals surface area contributed by atoms with Crippen molar-refractivity contribution in [3.8, 4) is 0 Å². The van der Waals surface area contributed by atoms with Gasteiger partial charge >= 0.3 is 0 Å². The zero-order chi connectivity index (χ0) is 11.7. The third kappa shape index (κ3) is 3.09. The van der Waals surface area contributed by atoms with Gasteiger partial charge in [-0.1, -0.05) is 0 Å². The maximum atomic E-state index is 11.3. The molecule has 3 heterocycles. The number of hydrogen-bond acceptors (Lipinski definition) is 3. The zero-order valence-corrected chi connectivity index (χ0v) is 11.4. The van der Waals surface area contributed by atoms with Crippen molar-refractivity contribution in [3.63, 3.8) is 0 Å². The molecule has 3 fully saturated rings. The lowest BCUT2D eigenvalue weighted by Crippen LogP contribution is -2.41. The lowest BCUT2D eigenvalue weighted by molar-refractivity contribution is 0.229. The van der Waals surface area contributed by atoms with Gasteiger partial charge in [-0.05, 0) is 44.6 Å². The number of hydrogen-bond donors (Lipinski definition) is 1. The molecule has 0 amide bonds. The third-order valence-corrected chi connectivity index (χ3v) is 5.97. The van der Waals surface area contributed by atoms with Gasteiger partial charge in [0.15, 0.2) is 0 Å². The van der Waals surface area contributed by atoms with E-state index >= 15 is 0 Å². The van der Waals surface area contributed by atoms with E-state index in [0.29, 0.717) is 0 Å². The Morgan fingerprint density at radius 1 is 1.12 bits per heavy atom. The number of piperidine rings is 1. The van der Waals surface area contributed by atoms with Gasteiger partial charge in [-0.25, -0.2) is 0 Å². The van der Waals surface area contributed by atoms with Crippen LogP contribution in [0.4, 0.5) is 0 Å². The minimum Gasteiger partial charge on any atom is -0.311 e. The third-order valence-electron chi connectivity index (χ3n) is 4.69. The predicted molar refractivity (Wildman–Crippen MR) is 71.6 cm³/mol. The largest absolute Gasteiger partial charge is 0.311 e. The molecular formula is C13H24N2OS. The standard InChI is InChI=1S/C13H24N2OS/c16-17-7-5-15(6-8-17)4-3-11-9-12-1-2-13(10-11)14-12/h11-14H,1-10H2. The van der Waals surface area contributed by atoms with E-state index in [-0.39, 0.29) is 0 Å². The Kier molecular flexibility index (Phi) is 3.83. The Labute approximate surface area is 107 Å². The highest BCUT2D eigenvalue weighted by Crippen LogP contribution is 2.32. The van der Waals surface area contributed by atoms with Crippen LogP contribution < -0.4 is 5.32 Å². The van der Waals surface area contributed by atoms with E-state index in [0.717, 1.165) is 42.6 Å². The summed E-state index contributed by atoms with van der Waals surface area (Å²) in [6.07, 6.45) is 6.97. The van der Waals surface area contributed by atoms with Crippen molar-refractivity contribution in [2.24, 2.45) is 5.92 Å². The summed E-state index contributed by atoms with van der Waals surface area (Å²) in [4.78, 5) is 2.52. The fourth-order valence-corrected chi connectivity index (χ4v) is 4.80. The van der Waals surface area contributed by atoms with Crippen LogP contribution in [0.15, 0.2) is 0 Å². The minimum atomic E-state index is -0.522. The van der Waals surface area contributed by atoms with Crippen LogP contribution in [-0.4, -0.2) is 52.3 Å². The molecule has 0 aromatic carbocycles. The smallest absolute Gasteiger partial charge is 0.0363 e. The van der Waals surface area contributed by atoms with Crippen LogP contribution in [0.5, 0.6) is 0 Å². The summed E-state index contributed by atoms with van der Waals surface area (Å²) in [5, 5.41) is 3.71.